The molecule has 2 aromatic carbocycles. The maximum Gasteiger partial charge on any atom is 0.294 e. The number of carbonyl (C=O) groups is 4. The van der Waals surface area contributed by atoms with Crippen LogP contribution in [0.4, 0.5) is 10.5 Å². The Bertz CT molecular complexity index is 1260. The first-order chi connectivity index (χ1) is 18.9. The number of hydrogen-bond acceptors (Lipinski definition) is 7. The minimum absolute atomic E-state index is 0.176. The second-order valence-corrected chi connectivity index (χ2v) is 10.4. The Morgan fingerprint density at radius 3 is 2.46 bits per heavy atom. The number of para-hydroxylation sites is 1. The number of thioether (sulfide) groups is 1. The summed E-state index contributed by atoms with van der Waals surface area (Å²) in [7, 11) is 0. The number of imide groups is 1. The fourth-order valence-corrected chi connectivity index (χ4v) is 5.39. The molecule has 2 aliphatic rings. The number of rotatable bonds is 9. The minimum atomic E-state index is -0.528. The van der Waals surface area contributed by atoms with Crippen molar-refractivity contribution < 1.29 is 28.7 Å². The summed E-state index contributed by atoms with van der Waals surface area (Å²) in [6.45, 7) is 2.82. The van der Waals surface area contributed by atoms with Gasteiger partial charge in [0.05, 0.1) is 16.5 Å². The number of likely N-dealkylation sites (tertiary alicyclic amines) is 1. The highest BCUT2D eigenvalue weighted by Crippen LogP contribution is 2.39. The van der Waals surface area contributed by atoms with Gasteiger partial charge in [0.2, 0.25) is 5.91 Å². The van der Waals surface area contributed by atoms with Crippen molar-refractivity contribution in [2.45, 2.75) is 32.6 Å². The molecule has 0 radical (unpaired) electrons. The lowest BCUT2D eigenvalue weighted by molar-refractivity contribution is -0.135. The van der Waals surface area contributed by atoms with Crippen molar-refractivity contribution in [2.24, 2.45) is 0 Å². The van der Waals surface area contributed by atoms with Crippen LogP contribution in [0.5, 0.6) is 11.5 Å². The Labute approximate surface area is 236 Å². The second-order valence-electron chi connectivity index (χ2n) is 9.03. The van der Waals surface area contributed by atoms with E-state index in [1.165, 1.54) is 6.08 Å². The van der Waals surface area contributed by atoms with E-state index in [1.807, 2.05) is 18.2 Å². The molecule has 2 aliphatic heterocycles. The molecule has 0 aliphatic carbocycles. The van der Waals surface area contributed by atoms with Crippen molar-refractivity contribution in [3.63, 3.8) is 0 Å². The van der Waals surface area contributed by atoms with E-state index >= 15 is 0 Å². The van der Waals surface area contributed by atoms with Crippen molar-refractivity contribution in [1.82, 2.24) is 9.80 Å². The third-order valence-electron chi connectivity index (χ3n) is 6.16. The number of benzene rings is 2. The molecule has 0 unspecified atom stereocenters. The van der Waals surface area contributed by atoms with Crippen LogP contribution in [0, 0.1) is 0 Å². The van der Waals surface area contributed by atoms with Crippen molar-refractivity contribution in [1.29, 1.82) is 0 Å². The number of nitrogens with zero attached hydrogens (tertiary/aromatic N) is 2. The van der Waals surface area contributed by atoms with Gasteiger partial charge in [-0.1, -0.05) is 42.6 Å². The van der Waals surface area contributed by atoms with Gasteiger partial charge in [-0.05, 0) is 67.4 Å². The van der Waals surface area contributed by atoms with Crippen LogP contribution in [-0.4, -0.2) is 65.6 Å². The van der Waals surface area contributed by atoms with E-state index in [1.54, 1.807) is 36.1 Å². The van der Waals surface area contributed by atoms with Gasteiger partial charge in [-0.25, -0.2) is 0 Å². The SMILES string of the molecule is CCOc1cc(C=C2SC(=O)N(CC(=O)N3CCCCCC3)C2=O)cc(Cl)c1OCC(=O)Nc1ccccc1. The summed E-state index contributed by atoms with van der Waals surface area (Å²) < 4.78 is 11.4. The topological polar surface area (TPSA) is 105 Å². The third-order valence-corrected chi connectivity index (χ3v) is 7.35. The first-order valence-electron chi connectivity index (χ1n) is 12.8. The zero-order chi connectivity index (χ0) is 27.8. The maximum atomic E-state index is 13.0. The van der Waals surface area contributed by atoms with E-state index in [9.17, 15) is 19.2 Å². The van der Waals surface area contributed by atoms with Crippen LogP contribution in [0.1, 0.15) is 38.2 Å². The first kappa shape index (κ1) is 28.5. The van der Waals surface area contributed by atoms with Crippen LogP contribution in [0.2, 0.25) is 5.02 Å². The molecule has 0 bridgehead atoms. The summed E-state index contributed by atoms with van der Waals surface area (Å²) in [5.41, 5.74) is 1.15. The van der Waals surface area contributed by atoms with E-state index in [0.717, 1.165) is 42.3 Å². The van der Waals surface area contributed by atoms with E-state index in [2.05, 4.69) is 5.32 Å². The zero-order valence-electron chi connectivity index (χ0n) is 21.6. The van der Waals surface area contributed by atoms with Crippen molar-refractivity contribution in [3.8, 4) is 11.5 Å². The van der Waals surface area contributed by atoms with Crippen LogP contribution in [0.25, 0.3) is 6.08 Å². The Kier molecular flexibility index (Phi) is 9.89. The van der Waals surface area contributed by atoms with Crippen LogP contribution < -0.4 is 14.8 Å². The third kappa shape index (κ3) is 7.54. The zero-order valence-corrected chi connectivity index (χ0v) is 23.2. The van der Waals surface area contributed by atoms with E-state index < -0.39 is 11.1 Å². The van der Waals surface area contributed by atoms with Crippen molar-refractivity contribution in [3.05, 3.63) is 58.0 Å². The lowest BCUT2D eigenvalue weighted by atomic mass is 10.1. The summed E-state index contributed by atoms with van der Waals surface area (Å²) >= 11 is 7.25. The molecule has 4 amide bonds. The molecule has 1 N–H and O–H groups in total. The number of anilines is 1. The Hall–Kier alpha value is -3.50. The van der Waals surface area contributed by atoms with Gasteiger partial charge in [0, 0.05) is 18.8 Å². The molecule has 2 saturated heterocycles. The Balaban J connectivity index is 1.45. The summed E-state index contributed by atoms with van der Waals surface area (Å²) in [5.74, 6) is -0.637. The van der Waals surface area contributed by atoms with Crippen molar-refractivity contribution in [2.75, 3.05) is 38.2 Å². The van der Waals surface area contributed by atoms with Crippen LogP contribution in [0.3, 0.4) is 0 Å². The molecular weight excluding hydrogens is 542 g/mol. The molecule has 2 fully saturated rings. The van der Waals surface area contributed by atoms with Gasteiger partial charge in [0.25, 0.3) is 17.1 Å². The Morgan fingerprint density at radius 2 is 1.77 bits per heavy atom. The molecule has 2 aromatic rings. The highest BCUT2D eigenvalue weighted by atomic mass is 35.5. The fraction of sp³-hybridized carbons (Fsp3) is 0.357. The normalized spacial score (nSPS) is 16.8. The average molecular weight is 572 g/mol. The van der Waals surface area contributed by atoms with Crippen LogP contribution in [0.15, 0.2) is 47.4 Å². The number of nitrogens with one attached hydrogen (secondary N) is 1. The molecular formula is C28H30ClN3O6S. The molecule has 4 rings (SSSR count). The predicted octanol–water partition coefficient (Wildman–Crippen LogP) is 5.20. The fourth-order valence-electron chi connectivity index (χ4n) is 4.27. The summed E-state index contributed by atoms with van der Waals surface area (Å²) in [6.07, 6.45) is 5.53. The monoisotopic (exact) mass is 571 g/mol. The van der Waals surface area contributed by atoms with Crippen LogP contribution in [-0.2, 0) is 14.4 Å². The predicted molar refractivity (Wildman–Crippen MR) is 151 cm³/mol. The highest BCUT2D eigenvalue weighted by molar-refractivity contribution is 8.18. The molecule has 0 atom stereocenters. The van der Waals surface area contributed by atoms with Gasteiger partial charge in [-0.2, -0.15) is 0 Å². The van der Waals surface area contributed by atoms with E-state index in [4.69, 9.17) is 21.1 Å². The minimum Gasteiger partial charge on any atom is -0.490 e. The van der Waals surface area contributed by atoms with E-state index in [-0.39, 0.29) is 40.6 Å². The quantitative estimate of drug-likeness (QED) is 0.413. The summed E-state index contributed by atoms with van der Waals surface area (Å²) in [6, 6.07) is 12.2. The van der Waals surface area contributed by atoms with Crippen LogP contribution >= 0.6 is 23.4 Å². The van der Waals surface area contributed by atoms with E-state index in [0.29, 0.717) is 36.7 Å². The average Bonchev–Trinajstić information content (AvgIpc) is 3.09. The standard InChI is InChI=1S/C28H30ClN3O6S/c1-2-37-22-15-19(14-21(29)26(22)38-18-24(33)30-20-10-6-5-7-11-20)16-23-27(35)32(28(36)39-23)17-25(34)31-12-8-3-4-9-13-31/h5-7,10-11,14-16H,2-4,8-9,12-13,17-18H2,1H3,(H,30,33). The number of amides is 4. The molecule has 2 heterocycles. The second kappa shape index (κ2) is 13.5. The van der Waals surface area contributed by atoms with Gasteiger partial charge < -0.3 is 19.7 Å². The van der Waals surface area contributed by atoms with Gasteiger partial charge in [-0.3, -0.25) is 24.1 Å². The Morgan fingerprint density at radius 1 is 1.05 bits per heavy atom. The molecule has 39 heavy (non-hydrogen) atoms. The number of halogens is 1. The van der Waals surface area contributed by atoms with Gasteiger partial charge in [0.15, 0.2) is 18.1 Å². The van der Waals surface area contributed by atoms with Gasteiger partial charge in [-0.15, -0.1) is 0 Å². The molecule has 9 nitrogen and oxygen atoms in total. The first-order valence-corrected chi connectivity index (χ1v) is 14.0. The molecule has 11 heteroatoms. The number of carbonyl (C=O) groups excluding carboxylic acids is 4. The largest absolute Gasteiger partial charge is 0.490 e. The highest BCUT2D eigenvalue weighted by Gasteiger charge is 2.37. The number of hydrogen-bond donors (Lipinski definition) is 1. The lowest BCUT2D eigenvalue weighted by Crippen LogP contribution is -2.42. The summed E-state index contributed by atoms with van der Waals surface area (Å²) in [5, 5.41) is 2.42. The van der Waals surface area contributed by atoms with Gasteiger partial charge in [0.1, 0.15) is 6.54 Å². The molecule has 206 valence electrons. The lowest BCUT2D eigenvalue weighted by Gasteiger charge is -2.22. The van der Waals surface area contributed by atoms with Crippen molar-refractivity contribution >= 4 is 58.1 Å². The molecule has 0 spiro atoms. The smallest absolute Gasteiger partial charge is 0.294 e. The number of ether oxygens (including phenoxy) is 2. The van der Waals surface area contributed by atoms with Gasteiger partial charge >= 0.3 is 0 Å². The molecule has 0 aromatic heterocycles. The molecule has 0 saturated carbocycles. The summed E-state index contributed by atoms with van der Waals surface area (Å²) in [4.78, 5) is 53.6. The maximum absolute atomic E-state index is 13.0.